The third-order valence-corrected chi connectivity index (χ3v) is 2.81. The SMILES string of the molecule is CC(C)CN1CCOC1Cc1ccccn1. The Bertz CT molecular complexity index is 313. The maximum atomic E-state index is 5.76. The molecule has 1 aliphatic rings. The first-order valence-corrected chi connectivity index (χ1v) is 6.01. The van der Waals surface area contributed by atoms with Crippen molar-refractivity contribution < 1.29 is 4.74 Å². The first-order chi connectivity index (χ1) is 7.75. The first-order valence-electron chi connectivity index (χ1n) is 6.01. The van der Waals surface area contributed by atoms with Gasteiger partial charge in [-0.25, -0.2) is 0 Å². The third-order valence-electron chi connectivity index (χ3n) is 2.81. The third kappa shape index (κ3) is 3.03. The van der Waals surface area contributed by atoms with Crippen molar-refractivity contribution in [3.63, 3.8) is 0 Å². The van der Waals surface area contributed by atoms with E-state index in [1.807, 2.05) is 18.3 Å². The Morgan fingerprint density at radius 3 is 3.06 bits per heavy atom. The molecule has 0 N–H and O–H groups in total. The topological polar surface area (TPSA) is 25.4 Å². The van der Waals surface area contributed by atoms with Gasteiger partial charge in [0.1, 0.15) is 6.23 Å². The van der Waals surface area contributed by atoms with E-state index < -0.39 is 0 Å². The van der Waals surface area contributed by atoms with Crippen LogP contribution in [0.25, 0.3) is 0 Å². The lowest BCUT2D eigenvalue weighted by Gasteiger charge is -2.24. The highest BCUT2D eigenvalue weighted by Gasteiger charge is 2.25. The minimum atomic E-state index is 0.220. The van der Waals surface area contributed by atoms with Crippen molar-refractivity contribution in [1.29, 1.82) is 0 Å². The second kappa shape index (κ2) is 5.41. The summed E-state index contributed by atoms with van der Waals surface area (Å²) in [6, 6.07) is 6.05. The molecule has 2 rings (SSSR count). The molecule has 1 aromatic rings. The molecule has 88 valence electrons. The zero-order valence-electron chi connectivity index (χ0n) is 10.1. The number of nitrogens with zero attached hydrogens (tertiary/aromatic N) is 2. The van der Waals surface area contributed by atoms with Crippen LogP contribution in [0.4, 0.5) is 0 Å². The van der Waals surface area contributed by atoms with E-state index >= 15 is 0 Å². The zero-order valence-corrected chi connectivity index (χ0v) is 10.1. The van der Waals surface area contributed by atoms with Crippen LogP contribution in [-0.2, 0) is 11.2 Å². The fraction of sp³-hybridized carbons (Fsp3) is 0.615. The molecule has 0 amide bonds. The molecule has 16 heavy (non-hydrogen) atoms. The summed E-state index contributed by atoms with van der Waals surface area (Å²) < 4.78 is 5.76. The van der Waals surface area contributed by atoms with Gasteiger partial charge in [-0.15, -0.1) is 0 Å². The van der Waals surface area contributed by atoms with Gasteiger partial charge < -0.3 is 4.74 Å². The summed E-state index contributed by atoms with van der Waals surface area (Å²) >= 11 is 0. The predicted molar refractivity (Wildman–Crippen MR) is 64.1 cm³/mol. The molecular formula is C13H20N2O. The van der Waals surface area contributed by atoms with Gasteiger partial charge in [0.25, 0.3) is 0 Å². The van der Waals surface area contributed by atoms with Gasteiger partial charge in [-0.2, -0.15) is 0 Å². The largest absolute Gasteiger partial charge is 0.361 e. The molecule has 0 spiro atoms. The summed E-state index contributed by atoms with van der Waals surface area (Å²) in [4.78, 5) is 6.77. The summed E-state index contributed by atoms with van der Waals surface area (Å²) in [5.41, 5.74) is 1.11. The molecule has 1 aliphatic heterocycles. The number of aromatic nitrogens is 1. The van der Waals surface area contributed by atoms with Gasteiger partial charge in [0.15, 0.2) is 0 Å². The van der Waals surface area contributed by atoms with Gasteiger partial charge in [-0.1, -0.05) is 19.9 Å². The van der Waals surface area contributed by atoms with Gasteiger partial charge >= 0.3 is 0 Å². The minimum absolute atomic E-state index is 0.220. The van der Waals surface area contributed by atoms with Crippen LogP contribution in [0, 0.1) is 5.92 Å². The molecule has 1 fully saturated rings. The van der Waals surface area contributed by atoms with Crippen LogP contribution in [0.15, 0.2) is 24.4 Å². The van der Waals surface area contributed by atoms with Crippen molar-refractivity contribution in [2.24, 2.45) is 5.92 Å². The summed E-state index contributed by atoms with van der Waals surface area (Å²) in [5.74, 6) is 0.688. The van der Waals surface area contributed by atoms with Crippen LogP contribution in [0.2, 0.25) is 0 Å². The molecule has 1 saturated heterocycles. The predicted octanol–water partition coefficient (Wildman–Crippen LogP) is 1.94. The minimum Gasteiger partial charge on any atom is -0.361 e. The van der Waals surface area contributed by atoms with Crippen molar-refractivity contribution in [2.45, 2.75) is 26.5 Å². The number of hydrogen-bond donors (Lipinski definition) is 0. The van der Waals surface area contributed by atoms with Gasteiger partial charge in [0, 0.05) is 31.4 Å². The summed E-state index contributed by atoms with van der Waals surface area (Å²) in [5, 5.41) is 0. The molecule has 1 aromatic heterocycles. The summed E-state index contributed by atoms with van der Waals surface area (Å²) in [7, 11) is 0. The smallest absolute Gasteiger partial charge is 0.116 e. The molecule has 0 radical (unpaired) electrons. The molecule has 0 aromatic carbocycles. The maximum absolute atomic E-state index is 5.76. The van der Waals surface area contributed by atoms with Crippen LogP contribution >= 0.6 is 0 Å². The van der Waals surface area contributed by atoms with Gasteiger partial charge in [-0.3, -0.25) is 9.88 Å². The quantitative estimate of drug-likeness (QED) is 0.775. The lowest BCUT2D eigenvalue weighted by Crippen LogP contribution is -2.35. The molecule has 0 aliphatic carbocycles. The number of rotatable bonds is 4. The van der Waals surface area contributed by atoms with Crippen molar-refractivity contribution in [2.75, 3.05) is 19.7 Å². The number of ether oxygens (including phenoxy) is 1. The second-order valence-corrected chi connectivity index (χ2v) is 4.74. The van der Waals surface area contributed by atoms with E-state index in [1.54, 1.807) is 0 Å². The molecule has 2 heterocycles. The Hall–Kier alpha value is -0.930. The average Bonchev–Trinajstić information content (AvgIpc) is 2.66. The Balaban J connectivity index is 1.93. The normalized spacial score (nSPS) is 21.8. The standard InChI is InChI=1S/C13H20N2O/c1-11(2)10-15-7-8-16-13(15)9-12-5-3-4-6-14-12/h3-6,11,13H,7-10H2,1-2H3. The second-order valence-electron chi connectivity index (χ2n) is 4.74. The van der Waals surface area contributed by atoms with E-state index in [1.165, 1.54) is 0 Å². The van der Waals surface area contributed by atoms with E-state index in [9.17, 15) is 0 Å². The molecule has 1 unspecified atom stereocenters. The van der Waals surface area contributed by atoms with Crippen molar-refractivity contribution in [3.8, 4) is 0 Å². The average molecular weight is 220 g/mol. The van der Waals surface area contributed by atoms with Crippen LogP contribution in [0.1, 0.15) is 19.5 Å². The van der Waals surface area contributed by atoms with E-state index in [0.717, 1.165) is 31.8 Å². The lowest BCUT2D eigenvalue weighted by molar-refractivity contribution is 0.0287. The highest BCUT2D eigenvalue weighted by Crippen LogP contribution is 2.15. The van der Waals surface area contributed by atoms with E-state index in [0.29, 0.717) is 5.92 Å². The highest BCUT2D eigenvalue weighted by atomic mass is 16.5. The van der Waals surface area contributed by atoms with E-state index in [2.05, 4.69) is 29.8 Å². The maximum Gasteiger partial charge on any atom is 0.116 e. The Labute approximate surface area is 97.4 Å². The van der Waals surface area contributed by atoms with Crippen LogP contribution in [-0.4, -0.2) is 35.8 Å². The van der Waals surface area contributed by atoms with Crippen LogP contribution in [0.5, 0.6) is 0 Å². The summed E-state index contributed by atoms with van der Waals surface area (Å²) in [6.07, 6.45) is 2.96. The van der Waals surface area contributed by atoms with Crippen molar-refractivity contribution >= 4 is 0 Å². The summed E-state index contributed by atoms with van der Waals surface area (Å²) in [6.45, 7) is 7.50. The molecule has 0 saturated carbocycles. The highest BCUT2D eigenvalue weighted by molar-refractivity contribution is 5.04. The molecule has 1 atom stereocenters. The van der Waals surface area contributed by atoms with Crippen molar-refractivity contribution in [1.82, 2.24) is 9.88 Å². The van der Waals surface area contributed by atoms with E-state index in [4.69, 9.17) is 4.74 Å². The Morgan fingerprint density at radius 2 is 2.38 bits per heavy atom. The van der Waals surface area contributed by atoms with Crippen LogP contribution in [0.3, 0.4) is 0 Å². The Morgan fingerprint density at radius 1 is 1.50 bits per heavy atom. The zero-order chi connectivity index (χ0) is 11.4. The lowest BCUT2D eigenvalue weighted by atomic mass is 10.2. The molecule has 3 heteroatoms. The molecular weight excluding hydrogens is 200 g/mol. The van der Waals surface area contributed by atoms with Gasteiger partial charge in [0.05, 0.1) is 6.61 Å². The fourth-order valence-corrected chi connectivity index (χ4v) is 2.12. The van der Waals surface area contributed by atoms with Crippen LogP contribution < -0.4 is 0 Å². The monoisotopic (exact) mass is 220 g/mol. The van der Waals surface area contributed by atoms with Gasteiger partial charge in [-0.05, 0) is 18.1 Å². The molecule has 3 nitrogen and oxygen atoms in total. The molecule has 0 bridgehead atoms. The number of pyridine rings is 1. The fourth-order valence-electron chi connectivity index (χ4n) is 2.12. The van der Waals surface area contributed by atoms with Crippen molar-refractivity contribution in [3.05, 3.63) is 30.1 Å². The Kier molecular flexibility index (Phi) is 3.91. The first kappa shape index (κ1) is 11.6. The van der Waals surface area contributed by atoms with Gasteiger partial charge in [0.2, 0.25) is 0 Å². The van der Waals surface area contributed by atoms with E-state index in [-0.39, 0.29) is 6.23 Å². The number of hydrogen-bond acceptors (Lipinski definition) is 3.